The van der Waals surface area contributed by atoms with E-state index in [0.717, 1.165) is 41.3 Å². The van der Waals surface area contributed by atoms with Gasteiger partial charge in [-0.1, -0.05) is 18.2 Å². The molecule has 2 aromatic carbocycles. The highest BCUT2D eigenvalue weighted by Gasteiger charge is 2.12. The summed E-state index contributed by atoms with van der Waals surface area (Å²) in [6, 6.07) is 15.5. The summed E-state index contributed by atoms with van der Waals surface area (Å²) in [6.07, 6.45) is 0.856. The van der Waals surface area contributed by atoms with Gasteiger partial charge in [0.25, 0.3) is 0 Å². The highest BCUT2D eigenvalue weighted by atomic mass is 16.5. The lowest BCUT2D eigenvalue weighted by molar-refractivity contribution is -0.117. The number of hydrogen-bond acceptors (Lipinski definition) is 5. The third kappa shape index (κ3) is 5.06. The Morgan fingerprint density at radius 1 is 1.19 bits per heavy atom. The number of primary amides is 1. The van der Waals surface area contributed by atoms with E-state index in [4.69, 9.17) is 15.2 Å². The molecular weight excluding hydrogens is 344 g/mol. The fraction of sp³-hybridized carbons (Fsp3) is 0.300. The Labute approximate surface area is 158 Å². The number of carbonyl (C=O) groups excluding carboxylic acids is 1. The van der Waals surface area contributed by atoms with Gasteiger partial charge in [-0.3, -0.25) is 4.79 Å². The number of ether oxygens (including phenoxy) is 2. The van der Waals surface area contributed by atoms with Crippen LogP contribution in [-0.4, -0.2) is 35.7 Å². The molecule has 0 spiro atoms. The number of hydrogen-bond donors (Lipinski definition) is 2. The number of fused-ring (bicyclic) bond motifs is 1. The van der Waals surface area contributed by atoms with Crippen molar-refractivity contribution >= 4 is 16.9 Å². The first kappa shape index (κ1) is 18.9. The molecule has 0 saturated carbocycles. The van der Waals surface area contributed by atoms with Gasteiger partial charge in [-0.05, 0) is 30.7 Å². The molecule has 3 N–H and O–H groups in total. The predicted molar refractivity (Wildman–Crippen MR) is 104 cm³/mol. The van der Waals surface area contributed by atoms with Crippen LogP contribution >= 0.6 is 0 Å². The van der Waals surface area contributed by atoms with Gasteiger partial charge in [-0.15, -0.1) is 0 Å². The number of benzene rings is 2. The minimum atomic E-state index is -0.393. The van der Waals surface area contributed by atoms with Crippen molar-refractivity contribution in [1.82, 2.24) is 14.9 Å². The lowest BCUT2D eigenvalue weighted by atomic mass is 10.3. The van der Waals surface area contributed by atoms with Crippen LogP contribution in [0.25, 0.3) is 11.0 Å². The Morgan fingerprint density at radius 2 is 2.00 bits per heavy atom. The Kier molecular flexibility index (Phi) is 6.40. The first-order valence-corrected chi connectivity index (χ1v) is 8.87. The standard InChI is InChI=1S/C20H24N4O3/c1-26-11-5-10-24-18-12-16(27-15-6-3-2-4-7-15)8-9-17(18)23-20(24)14-22-13-19(21)25/h2-4,6-9,12,22H,5,10-11,13-14H2,1H3,(H2,21,25). The molecule has 142 valence electrons. The number of nitrogens with one attached hydrogen (secondary N) is 1. The lowest BCUT2D eigenvalue weighted by Crippen LogP contribution is -2.29. The van der Waals surface area contributed by atoms with E-state index in [1.807, 2.05) is 48.5 Å². The maximum atomic E-state index is 11.0. The summed E-state index contributed by atoms with van der Waals surface area (Å²) < 4.78 is 13.2. The summed E-state index contributed by atoms with van der Waals surface area (Å²) in [4.78, 5) is 15.7. The van der Waals surface area contributed by atoms with E-state index >= 15 is 0 Å². The summed E-state index contributed by atoms with van der Waals surface area (Å²) >= 11 is 0. The van der Waals surface area contributed by atoms with Crippen LogP contribution < -0.4 is 15.8 Å². The van der Waals surface area contributed by atoms with Crippen molar-refractivity contribution in [1.29, 1.82) is 0 Å². The van der Waals surface area contributed by atoms with E-state index < -0.39 is 5.91 Å². The summed E-state index contributed by atoms with van der Waals surface area (Å²) in [6.45, 7) is 1.99. The van der Waals surface area contributed by atoms with Crippen LogP contribution in [0.4, 0.5) is 0 Å². The number of amides is 1. The largest absolute Gasteiger partial charge is 0.457 e. The zero-order chi connectivity index (χ0) is 19.1. The van der Waals surface area contributed by atoms with Crippen LogP contribution in [-0.2, 0) is 22.6 Å². The topological polar surface area (TPSA) is 91.4 Å². The Balaban J connectivity index is 1.87. The second-order valence-electron chi connectivity index (χ2n) is 6.16. The number of imidazole rings is 1. The number of methoxy groups -OCH3 is 1. The molecule has 0 fully saturated rings. The van der Waals surface area contributed by atoms with Gasteiger partial charge in [0, 0.05) is 26.3 Å². The molecule has 0 aliphatic rings. The minimum absolute atomic E-state index is 0.115. The molecule has 0 aliphatic heterocycles. The number of carbonyl (C=O) groups is 1. The number of rotatable bonds is 10. The highest BCUT2D eigenvalue weighted by molar-refractivity contribution is 5.78. The zero-order valence-corrected chi connectivity index (χ0v) is 15.4. The van der Waals surface area contributed by atoms with Gasteiger partial charge >= 0.3 is 0 Å². The van der Waals surface area contributed by atoms with Crippen LogP contribution in [0, 0.1) is 0 Å². The number of para-hydroxylation sites is 1. The predicted octanol–water partition coefficient (Wildman–Crippen LogP) is 2.44. The van der Waals surface area contributed by atoms with E-state index in [2.05, 4.69) is 14.9 Å². The van der Waals surface area contributed by atoms with Crippen LogP contribution in [0.15, 0.2) is 48.5 Å². The minimum Gasteiger partial charge on any atom is -0.457 e. The fourth-order valence-electron chi connectivity index (χ4n) is 2.89. The molecule has 1 aromatic heterocycles. The van der Waals surface area contributed by atoms with E-state index in [1.54, 1.807) is 7.11 Å². The van der Waals surface area contributed by atoms with Crippen molar-refractivity contribution in [3.05, 3.63) is 54.4 Å². The third-order valence-electron chi connectivity index (χ3n) is 4.09. The second kappa shape index (κ2) is 9.16. The molecule has 0 saturated heterocycles. The van der Waals surface area contributed by atoms with Crippen LogP contribution in [0.3, 0.4) is 0 Å². The van der Waals surface area contributed by atoms with E-state index in [0.29, 0.717) is 13.2 Å². The molecule has 0 bridgehead atoms. The Bertz CT molecular complexity index is 893. The monoisotopic (exact) mass is 368 g/mol. The maximum absolute atomic E-state index is 11.0. The van der Waals surface area contributed by atoms with E-state index in [9.17, 15) is 4.79 Å². The number of nitrogens with two attached hydrogens (primary N) is 1. The average molecular weight is 368 g/mol. The van der Waals surface area contributed by atoms with E-state index in [1.165, 1.54) is 0 Å². The summed E-state index contributed by atoms with van der Waals surface area (Å²) in [5.41, 5.74) is 7.06. The first-order valence-electron chi connectivity index (χ1n) is 8.87. The lowest BCUT2D eigenvalue weighted by Gasteiger charge is -2.10. The number of aryl methyl sites for hydroxylation is 1. The van der Waals surface area contributed by atoms with Crippen molar-refractivity contribution < 1.29 is 14.3 Å². The maximum Gasteiger partial charge on any atom is 0.231 e. The number of nitrogens with zero attached hydrogens (tertiary/aromatic N) is 2. The Morgan fingerprint density at radius 3 is 2.74 bits per heavy atom. The van der Waals surface area contributed by atoms with Crippen LogP contribution in [0.5, 0.6) is 11.5 Å². The molecule has 3 aromatic rings. The van der Waals surface area contributed by atoms with Gasteiger partial charge < -0.3 is 25.1 Å². The molecule has 0 unspecified atom stereocenters. The van der Waals surface area contributed by atoms with Crippen molar-refractivity contribution in [3.8, 4) is 11.5 Å². The Hall–Kier alpha value is -2.90. The SMILES string of the molecule is COCCCn1c(CNCC(N)=O)nc2ccc(Oc3ccccc3)cc21. The molecule has 7 nitrogen and oxygen atoms in total. The van der Waals surface area contributed by atoms with Crippen LogP contribution in [0.2, 0.25) is 0 Å². The van der Waals surface area contributed by atoms with Crippen LogP contribution in [0.1, 0.15) is 12.2 Å². The number of aromatic nitrogens is 2. The van der Waals surface area contributed by atoms with Crippen molar-refractivity contribution in [2.45, 2.75) is 19.5 Å². The van der Waals surface area contributed by atoms with Gasteiger partial charge in [-0.25, -0.2) is 4.98 Å². The van der Waals surface area contributed by atoms with Gasteiger partial charge in [0.15, 0.2) is 0 Å². The normalized spacial score (nSPS) is 11.0. The smallest absolute Gasteiger partial charge is 0.231 e. The van der Waals surface area contributed by atoms with Gasteiger partial charge in [0.1, 0.15) is 17.3 Å². The highest BCUT2D eigenvalue weighted by Crippen LogP contribution is 2.26. The quantitative estimate of drug-likeness (QED) is 0.536. The average Bonchev–Trinajstić information content (AvgIpc) is 3.00. The molecule has 0 aliphatic carbocycles. The molecule has 27 heavy (non-hydrogen) atoms. The summed E-state index contributed by atoms with van der Waals surface area (Å²) in [7, 11) is 1.69. The van der Waals surface area contributed by atoms with Crippen molar-refractivity contribution in [2.75, 3.05) is 20.3 Å². The van der Waals surface area contributed by atoms with Gasteiger partial charge in [0.05, 0.1) is 24.1 Å². The zero-order valence-electron chi connectivity index (χ0n) is 15.4. The molecule has 0 atom stereocenters. The molecule has 3 rings (SSSR count). The fourth-order valence-corrected chi connectivity index (χ4v) is 2.89. The third-order valence-corrected chi connectivity index (χ3v) is 4.09. The first-order chi connectivity index (χ1) is 13.2. The summed E-state index contributed by atoms with van der Waals surface area (Å²) in [5, 5.41) is 3.03. The molecule has 7 heteroatoms. The molecule has 1 amide bonds. The van der Waals surface area contributed by atoms with Gasteiger partial charge in [0.2, 0.25) is 5.91 Å². The summed E-state index contributed by atoms with van der Waals surface area (Å²) in [5.74, 6) is 1.98. The second-order valence-corrected chi connectivity index (χ2v) is 6.16. The van der Waals surface area contributed by atoms with Crippen molar-refractivity contribution in [2.24, 2.45) is 5.73 Å². The van der Waals surface area contributed by atoms with Gasteiger partial charge in [-0.2, -0.15) is 0 Å². The van der Waals surface area contributed by atoms with E-state index in [-0.39, 0.29) is 6.54 Å². The van der Waals surface area contributed by atoms with Crippen molar-refractivity contribution in [3.63, 3.8) is 0 Å². The molecule has 0 radical (unpaired) electrons. The molecule has 1 heterocycles. The molecular formula is C20H24N4O3.